The number of carbonyl (C=O) groups is 2. The molecule has 0 saturated heterocycles. The fourth-order valence-corrected chi connectivity index (χ4v) is 4.71. The minimum absolute atomic E-state index is 0.0979. The van der Waals surface area contributed by atoms with Crippen molar-refractivity contribution in [2.24, 2.45) is 0 Å². The molecule has 0 aliphatic carbocycles. The van der Waals surface area contributed by atoms with Crippen LogP contribution in [0.3, 0.4) is 0 Å². The number of fused-ring (bicyclic) bond motifs is 1. The van der Waals surface area contributed by atoms with Crippen LogP contribution in [0.25, 0.3) is 11.0 Å². The van der Waals surface area contributed by atoms with Gasteiger partial charge in [-0.25, -0.2) is 14.6 Å². The molecule has 0 fully saturated rings. The predicted molar refractivity (Wildman–Crippen MR) is 132 cm³/mol. The summed E-state index contributed by atoms with van der Waals surface area (Å²) in [5.74, 6) is -1.28. The van der Waals surface area contributed by atoms with Crippen molar-refractivity contribution in [2.75, 3.05) is 14.2 Å². The molecule has 0 radical (unpaired) electrons. The number of ether oxygens (including phenoxy) is 2. The van der Waals surface area contributed by atoms with E-state index in [9.17, 15) is 19.7 Å². The maximum atomic E-state index is 13.1. The first-order valence-corrected chi connectivity index (χ1v) is 11.2. The van der Waals surface area contributed by atoms with Crippen LogP contribution >= 0.6 is 0 Å². The van der Waals surface area contributed by atoms with Gasteiger partial charge in [-0.05, 0) is 38.5 Å². The minimum atomic E-state index is -0.831. The highest BCUT2D eigenvalue weighted by Gasteiger charge is 2.40. The number of nitrogens with zero attached hydrogens (tertiary/aromatic N) is 4. The molecular weight excluding hydrogens is 464 g/mol. The van der Waals surface area contributed by atoms with Crippen molar-refractivity contribution in [1.82, 2.24) is 14.5 Å². The van der Waals surface area contributed by atoms with E-state index in [0.29, 0.717) is 17.0 Å². The second-order valence-electron chi connectivity index (χ2n) is 8.41. The van der Waals surface area contributed by atoms with Gasteiger partial charge in [0.15, 0.2) is 0 Å². The molecule has 0 saturated carbocycles. The molecule has 1 aliphatic rings. The minimum Gasteiger partial charge on any atom is -0.466 e. The van der Waals surface area contributed by atoms with Gasteiger partial charge in [-0.3, -0.25) is 10.1 Å². The Morgan fingerprint density at radius 3 is 2.03 bits per heavy atom. The Balaban J connectivity index is 1.92. The van der Waals surface area contributed by atoms with Crippen LogP contribution in [0.15, 0.2) is 71.1 Å². The summed E-state index contributed by atoms with van der Waals surface area (Å²) in [5, 5.41) is 11.2. The van der Waals surface area contributed by atoms with Gasteiger partial charge in [0.05, 0.1) is 47.2 Å². The second-order valence-corrected chi connectivity index (χ2v) is 8.41. The van der Waals surface area contributed by atoms with Crippen LogP contribution in [-0.2, 0) is 25.7 Å². The molecule has 3 aromatic rings. The normalized spacial score (nSPS) is 14.4. The highest BCUT2D eigenvalue weighted by atomic mass is 16.6. The van der Waals surface area contributed by atoms with Crippen LogP contribution in [0.2, 0.25) is 0 Å². The van der Waals surface area contributed by atoms with Crippen LogP contribution < -0.4 is 0 Å². The monoisotopic (exact) mass is 490 g/mol. The van der Waals surface area contributed by atoms with Crippen molar-refractivity contribution in [3.8, 4) is 0 Å². The van der Waals surface area contributed by atoms with Gasteiger partial charge in [-0.15, -0.1) is 0 Å². The zero-order chi connectivity index (χ0) is 26.1. The molecular formula is C26H26N4O6. The van der Waals surface area contributed by atoms with Crippen LogP contribution in [0.1, 0.15) is 31.2 Å². The van der Waals surface area contributed by atoms with Gasteiger partial charge < -0.3 is 18.9 Å². The molecule has 10 heteroatoms. The number of imidazole rings is 1. The maximum absolute atomic E-state index is 13.1. The highest BCUT2D eigenvalue weighted by molar-refractivity contribution is 5.99. The molecule has 0 unspecified atom stereocenters. The number of nitro groups is 1. The summed E-state index contributed by atoms with van der Waals surface area (Å²) >= 11 is 0. The average Bonchev–Trinajstić information content (AvgIpc) is 3.19. The predicted octanol–water partition coefficient (Wildman–Crippen LogP) is 4.20. The molecule has 0 bridgehead atoms. The number of aromatic nitrogens is 2. The summed E-state index contributed by atoms with van der Waals surface area (Å²) in [6, 6.07) is 13.5. The fourth-order valence-electron chi connectivity index (χ4n) is 4.71. The van der Waals surface area contributed by atoms with E-state index in [2.05, 4.69) is 4.98 Å². The third-order valence-corrected chi connectivity index (χ3v) is 6.54. The number of methoxy groups -OCH3 is 2. The van der Waals surface area contributed by atoms with Crippen molar-refractivity contribution in [2.45, 2.75) is 33.4 Å². The second kappa shape index (κ2) is 9.65. The summed E-state index contributed by atoms with van der Waals surface area (Å²) < 4.78 is 12.2. The van der Waals surface area contributed by atoms with Crippen molar-refractivity contribution < 1.29 is 24.0 Å². The molecule has 2 aromatic carbocycles. The van der Waals surface area contributed by atoms with E-state index in [1.54, 1.807) is 26.0 Å². The Labute approximate surface area is 207 Å². The Morgan fingerprint density at radius 2 is 1.50 bits per heavy atom. The summed E-state index contributed by atoms with van der Waals surface area (Å²) in [4.78, 5) is 43.4. The van der Waals surface area contributed by atoms with Gasteiger partial charge in [-0.2, -0.15) is 0 Å². The van der Waals surface area contributed by atoms with Gasteiger partial charge in [-0.1, -0.05) is 24.3 Å². The SMILES string of the molecule is COC(=O)C1=C(C)N(Cn2c(C)nc3ccccc32)C(C)=C(C(=O)OC)C1c1ccc([N+](=O)[O-])cc1. The van der Waals surface area contributed by atoms with E-state index in [4.69, 9.17) is 9.47 Å². The fraction of sp³-hybridized carbons (Fsp3) is 0.269. The molecule has 10 nitrogen and oxygen atoms in total. The van der Waals surface area contributed by atoms with E-state index in [-0.39, 0.29) is 23.5 Å². The third-order valence-electron chi connectivity index (χ3n) is 6.54. The standard InChI is InChI=1S/C26H26N4O6/c1-15-22(25(31)35-4)24(18-10-12-19(13-11-18)30(33)34)23(26(32)36-5)16(2)28(15)14-29-17(3)27-20-8-6-7-9-21(20)29/h6-13,24H,14H2,1-5H3. The van der Waals surface area contributed by atoms with Gasteiger partial charge in [0.2, 0.25) is 0 Å². The first-order valence-electron chi connectivity index (χ1n) is 11.2. The quantitative estimate of drug-likeness (QED) is 0.287. The van der Waals surface area contributed by atoms with Crippen LogP contribution in [-0.4, -0.2) is 45.5 Å². The molecule has 0 amide bonds. The van der Waals surface area contributed by atoms with E-state index < -0.39 is 22.8 Å². The number of esters is 2. The summed E-state index contributed by atoms with van der Waals surface area (Å²) in [7, 11) is 2.55. The largest absolute Gasteiger partial charge is 0.466 e. The third kappa shape index (κ3) is 4.10. The van der Waals surface area contributed by atoms with E-state index >= 15 is 0 Å². The smallest absolute Gasteiger partial charge is 0.336 e. The Hall–Kier alpha value is -4.47. The van der Waals surface area contributed by atoms with E-state index in [0.717, 1.165) is 16.9 Å². The first kappa shape index (κ1) is 24.6. The molecule has 1 aromatic heterocycles. The number of non-ortho nitro benzene ring substituents is 1. The number of nitro benzene ring substituents is 1. The van der Waals surface area contributed by atoms with Crippen LogP contribution in [0, 0.1) is 17.0 Å². The lowest BCUT2D eigenvalue weighted by Gasteiger charge is -2.38. The lowest BCUT2D eigenvalue weighted by Crippen LogP contribution is -2.36. The summed E-state index contributed by atoms with van der Waals surface area (Å²) in [6.45, 7) is 5.76. The first-order chi connectivity index (χ1) is 17.2. The number of hydrogen-bond donors (Lipinski definition) is 0. The van der Waals surface area contributed by atoms with Gasteiger partial charge in [0.1, 0.15) is 12.5 Å². The number of rotatable bonds is 6. The summed E-state index contributed by atoms with van der Waals surface area (Å²) in [5.41, 5.74) is 3.86. The Kier molecular flexibility index (Phi) is 6.61. The van der Waals surface area contributed by atoms with Gasteiger partial charge >= 0.3 is 11.9 Å². The topological polar surface area (TPSA) is 117 Å². The number of aryl methyl sites for hydroxylation is 1. The zero-order valence-corrected chi connectivity index (χ0v) is 20.6. The van der Waals surface area contributed by atoms with Crippen LogP contribution in [0.5, 0.6) is 0 Å². The number of allylic oxidation sites excluding steroid dienone is 2. The van der Waals surface area contributed by atoms with Crippen molar-refractivity contribution in [3.63, 3.8) is 0 Å². The molecule has 0 N–H and O–H groups in total. The molecule has 36 heavy (non-hydrogen) atoms. The Bertz CT molecular complexity index is 1390. The number of benzene rings is 2. The number of para-hydroxylation sites is 2. The van der Waals surface area contributed by atoms with Gasteiger partial charge in [0, 0.05) is 23.5 Å². The lowest BCUT2D eigenvalue weighted by molar-refractivity contribution is -0.384. The summed E-state index contributed by atoms with van der Waals surface area (Å²) in [6.07, 6.45) is 0. The molecule has 186 valence electrons. The highest BCUT2D eigenvalue weighted by Crippen LogP contribution is 2.43. The molecule has 1 aliphatic heterocycles. The molecule has 0 spiro atoms. The lowest BCUT2D eigenvalue weighted by atomic mass is 9.79. The van der Waals surface area contributed by atoms with Crippen molar-refractivity contribution in [3.05, 3.63) is 92.6 Å². The Morgan fingerprint density at radius 1 is 0.944 bits per heavy atom. The molecule has 4 rings (SSSR count). The van der Waals surface area contributed by atoms with Crippen LogP contribution in [0.4, 0.5) is 5.69 Å². The maximum Gasteiger partial charge on any atom is 0.336 e. The van der Waals surface area contributed by atoms with Crippen molar-refractivity contribution >= 4 is 28.7 Å². The average molecular weight is 491 g/mol. The van der Waals surface area contributed by atoms with Gasteiger partial charge in [0.25, 0.3) is 5.69 Å². The van der Waals surface area contributed by atoms with Crippen molar-refractivity contribution in [1.29, 1.82) is 0 Å². The number of carbonyl (C=O) groups excluding carboxylic acids is 2. The molecule has 0 atom stereocenters. The van der Waals surface area contributed by atoms with E-state index in [1.165, 1.54) is 26.4 Å². The zero-order valence-electron chi connectivity index (χ0n) is 20.6. The molecule has 2 heterocycles. The van der Waals surface area contributed by atoms with E-state index in [1.807, 2.05) is 40.7 Å². The number of hydrogen-bond acceptors (Lipinski definition) is 8.